The summed E-state index contributed by atoms with van der Waals surface area (Å²) in [6.07, 6.45) is 10.4. The van der Waals surface area contributed by atoms with Crippen LogP contribution in [0, 0.1) is 5.92 Å². The zero-order valence-corrected chi connectivity index (χ0v) is 17.7. The van der Waals surface area contributed by atoms with Gasteiger partial charge in [0.2, 0.25) is 0 Å². The zero-order chi connectivity index (χ0) is 21.4. The van der Waals surface area contributed by atoms with Crippen LogP contribution in [0.25, 0.3) is 33.6 Å². The summed E-state index contributed by atoms with van der Waals surface area (Å²) in [4.78, 5) is 21.2. The number of nitrogens with zero attached hydrogens (tertiary/aromatic N) is 3. The van der Waals surface area contributed by atoms with Crippen LogP contribution in [0.2, 0.25) is 0 Å². The third kappa shape index (κ3) is 3.63. The number of carbonyl (C=O) groups excluding carboxylic acids is 1. The summed E-state index contributed by atoms with van der Waals surface area (Å²) in [5, 5.41) is 2.67. The molecule has 5 rings (SSSR count). The van der Waals surface area contributed by atoms with Gasteiger partial charge in [0.1, 0.15) is 5.65 Å². The van der Waals surface area contributed by atoms with E-state index in [1.807, 2.05) is 48.9 Å². The van der Waals surface area contributed by atoms with E-state index in [4.69, 9.17) is 0 Å². The lowest BCUT2D eigenvalue weighted by atomic mass is 10.0. The molecule has 1 N–H and O–H groups in total. The van der Waals surface area contributed by atoms with E-state index in [0.29, 0.717) is 11.5 Å². The minimum absolute atomic E-state index is 0.0914. The minimum Gasteiger partial charge on any atom is -0.355 e. The Labute approximate surface area is 181 Å². The molecule has 1 atom stereocenters. The van der Waals surface area contributed by atoms with Gasteiger partial charge in [-0.2, -0.15) is 0 Å². The van der Waals surface area contributed by atoms with Crippen LogP contribution in [-0.4, -0.2) is 27.3 Å². The van der Waals surface area contributed by atoms with E-state index < -0.39 is 0 Å². The number of imidazole rings is 1. The molecule has 0 saturated carbocycles. The Hall–Kier alpha value is -3.73. The fourth-order valence-electron chi connectivity index (χ4n) is 4.23. The minimum atomic E-state index is -0.0914. The standard InChI is InChI=1S/C26H24N4O/c1-17-6-7-20(12-17)23-14-21(8-10-28-23)24-16-29-25-15-19(9-11-30(24)25)18-4-3-5-22(13-18)26(31)27-2/h3-5,8-17H,6-7H2,1-2H3,(H,27,31). The number of fused-ring (bicyclic) bond motifs is 1. The number of rotatable bonds is 4. The second-order valence-corrected chi connectivity index (χ2v) is 8.08. The Morgan fingerprint density at radius 3 is 2.74 bits per heavy atom. The number of nitrogens with one attached hydrogen (secondary N) is 1. The highest BCUT2D eigenvalue weighted by Crippen LogP contribution is 2.32. The normalized spacial score (nSPS) is 15.8. The number of benzene rings is 1. The first kappa shape index (κ1) is 19.2. The van der Waals surface area contributed by atoms with E-state index in [9.17, 15) is 4.79 Å². The molecule has 0 bridgehead atoms. The number of hydrogen-bond donors (Lipinski definition) is 1. The van der Waals surface area contributed by atoms with E-state index >= 15 is 0 Å². The maximum Gasteiger partial charge on any atom is 0.251 e. The highest BCUT2D eigenvalue weighted by molar-refractivity contribution is 5.95. The molecule has 1 amide bonds. The first-order valence-corrected chi connectivity index (χ1v) is 10.6. The summed E-state index contributed by atoms with van der Waals surface area (Å²) in [5.74, 6) is 0.530. The lowest BCUT2D eigenvalue weighted by molar-refractivity contribution is 0.0963. The van der Waals surface area contributed by atoms with Crippen molar-refractivity contribution in [2.75, 3.05) is 7.05 Å². The summed E-state index contributed by atoms with van der Waals surface area (Å²) in [6, 6.07) is 15.9. The molecule has 1 unspecified atom stereocenters. The molecule has 0 saturated heterocycles. The average molecular weight is 409 g/mol. The second kappa shape index (κ2) is 7.84. The van der Waals surface area contributed by atoms with Crippen LogP contribution in [0.1, 0.15) is 35.8 Å². The Balaban J connectivity index is 1.51. The van der Waals surface area contributed by atoms with Crippen molar-refractivity contribution in [3.63, 3.8) is 0 Å². The SMILES string of the molecule is CNC(=O)c1cccc(-c2ccn3c(-c4ccnc(C5=CC(C)CC5)c4)cnc3c2)c1. The van der Waals surface area contributed by atoms with Crippen molar-refractivity contribution in [2.45, 2.75) is 19.8 Å². The fraction of sp³-hybridized carbons (Fsp3) is 0.192. The molecule has 31 heavy (non-hydrogen) atoms. The summed E-state index contributed by atoms with van der Waals surface area (Å²) in [7, 11) is 1.64. The van der Waals surface area contributed by atoms with E-state index in [-0.39, 0.29) is 5.91 Å². The molecule has 3 aromatic heterocycles. The largest absolute Gasteiger partial charge is 0.355 e. The molecule has 1 aliphatic carbocycles. The summed E-state index contributed by atoms with van der Waals surface area (Å²) in [6.45, 7) is 2.25. The Morgan fingerprint density at radius 1 is 1.06 bits per heavy atom. The molecule has 0 fully saturated rings. The number of pyridine rings is 2. The monoisotopic (exact) mass is 408 g/mol. The molecule has 0 spiro atoms. The number of allylic oxidation sites excluding steroid dienone is 2. The van der Waals surface area contributed by atoms with Gasteiger partial charge in [0.05, 0.1) is 17.6 Å². The van der Waals surface area contributed by atoms with Crippen LogP contribution in [0.3, 0.4) is 0 Å². The van der Waals surface area contributed by atoms with Gasteiger partial charge in [0, 0.05) is 30.6 Å². The molecule has 4 aromatic rings. The van der Waals surface area contributed by atoms with Crippen molar-refractivity contribution in [2.24, 2.45) is 5.92 Å². The van der Waals surface area contributed by atoms with Crippen molar-refractivity contribution in [3.05, 3.63) is 84.5 Å². The predicted molar refractivity (Wildman–Crippen MR) is 124 cm³/mol. The molecule has 1 aliphatic rings. The zero-order valence-electron chi connectivity index (χ0n) is 17.7. The van der Waals surface area contributed by atoms with E-state index in [1.54, 1.807) is 7.05 Å². The first-order valence-electron chi connectivity index (χ1n) is 10.6. The number of amides is 1. The van der Waals surface area contributed by atoms with Gasteiger partial charge in [-0.1, -0.05) is 25.1 Å². The van der Waals surface area contributed by atoms with Gasteiger partial charge >= 0.3 is 0 Å². The van der Waals surface area contributed by atoms with Gasteiger partial charge < -0.3 is 5.32 Å². The van der Waals surface area contributed by atoms with Crippen LogP contribution in [0.15, 0.2) is 73.2 Å². The summed E-state index contributed by atoms with van der Waals surface area (Å²) >= 11 is 0. The maximum atomic E-state index is 12.0. The third-order valence-corrected chi connectivity index (χ3v) is 5.94. The predicted octanol–water partition coefficient (Wildman–Crippen LogP) is 5.24. The van der Waals surface area contributed by atoms with E-state index in [0.717, 1.165) is 40.1 Å². The topological polar surface area (TPSA) is 59.3 Å². The quantitative estimate of drug-likeness (QED) is 0.503. The lowest BCUT2D eigenvalue weighted by Crippen LogP contribution is -2.17. The van der Waals surface area contributed by atoms with Crippen LogP contribution in [0.4, 0.5) is 0 Å². The summed E-state index contributed by atoms with van der Waals surface area (Å²) < 4.78 is 2.09. The molecule has 0 aliphatic heterocycles. The summed E-state index contributed by atoms with van der Waals surface area (Å²) in [5.41, 5.74) is 8.05. The van der Waals surface area contributed by atoms with Crippen LogP contribution in [0.5, 0.6) is 0 Å². The molecular formula is C26H24N4O. The molecule has 0 radical (unpaired) electrons. The highest BCUT2D eigenvalue weighted by atomic mass is 16.1. The van der Waals surface area contributed by atoms with Crippen LogP contribution in [-0.2, 0) is 0 Å². The van der Waals surface area contributed by atoms with Gasteiger partial charge in [-0.3, -0.25) is 14.2 Å². The van der Waals surface area contributed by atoms with E-state index in [1.165, 1.54) is 12.0 Å². The molecule has 5 nitrogen and oxygen atoms in total. The smallest absolute Gasteiger partial charge is 0.251 e. The van der Waals surface area contributed by atoms with Gasteiger partial charge in [0.25, 0.3) is 5.91 Å². The van der Waals surface area contributed by atoms with Gasteiger partial charge in [0.15, 0.2) is 0 Å². The van der Waals surface area contributed by atoms with Crippen molar-refractivity contribution in [3.8, 4) is 22.4 Å². The Kier molecular flexibility index (Phi) is 4.86. The Morgan fingerprint density at radius 2 is 1.94 bits per heavy atom. The van der Waals surface area contributed by atoms with Gasteiger partial charge in [-0.15, -0.1) is 0 Å². The van der Waals surface area contributed by atoms with Crippen molar-refractivity contribution in [1.29, 1.82) is 0 Å². The molecule has 1 aromatic carbocycles. The van der Waals surface area contributed by atoms with Gasteiger partial charge in [-0.25, -0.2) is 4.98 Å². The average Bonchev–Trinajstić information content (AvgIpc) is 3.44. The highest BCUT2D eigenvalue weighted by Gasteiger charge is 2.15. The maximum absolute atomic E-state index is 12.0. The third-order valence-electron chi connectivity index (χ3n) is 5.94. The van der Waals surface area contributed by atoms with Crippen molar-refractivity contribution in [1.82, 2.24) is 19.7 Å². The first-order chi connectivity index (χ1) is 15.1. The number of carbonyl (C=O) groups is 1. The fourth-order valence-corrected chi connectivity index (χ4v) is 4.23. The Bertz CT molecular complexity index is 1320. The van der Waals surface area contributed by atoms with Crippen molar-refractivity contribution >= 4 is 17.1 Å². The number of aromatic nitrogens is 3. The second-order valence-electron chi connectivity index (χ2n) is 8.08. The van der Waals surface area contributed by atoms with E-state index in [2.05, 4.69) is 50.9 Å². The van der Waals surface area contributed by atoms with Crippen LogP contribution < -0.4 is 5.32 Å². The molecular weight excluding hydrogens is 384 g/mol. The molecule has 3 heterocycles. The molecule has 5 heteroatoms. The van der Waals surface area contributed by atoms with Gasteiger partial charge in [-0.05, 0) is 71.9 Å². The lowest BCUT2D eigenvalue weighted by Gasteiger charge is -2.08. The number of hydrogen-bond acceptors (Lipinski definition) is 3. The molecule has 154 valence electrons. The van der Waals surface area contributed by atoms with Crippen LogP contribution >= 0.6 is 0 Å². The van der Waals surface area contributed by atoms with Crippen molar-refractivity contribution < 1.29 is 4.79 Å².